The highest BCUT2D eigenvalue weighted by Crippen LogP contribution is 2.20. The Kier molecular flexibility index (Phi) is 4.50. The minimum atomic E-state index is 0.0424. The summed E-state index contributed by atoms with van der Waals surface area (Å²) in [6, 6.07) is 5.35. The summed E-state index contributed by atoms with van der Waals surface area (Å²) in [5, 5.41) is 3.87. The van der Waals surface area contributed by atoms with Crippen LogP contribution in [0.25, 0.3) is 0 Å². The van der Waals surface area contributed by atoms with E-state index in [0.29, 0.717) is 23.0 Å². The highest BCUT2D eigenvalue weighted by Gasteiger charge is 2.08. The Morgan fingerprint density at radius 1 is 1.40 bits per heavy atom. The Hall–Kier alpha value is -2.17. The fraction of sp³-hybridized carbons (Fsp3) is 0.400. The molecule has 0 N–H and O–H groups in total. The summed E-state index contributed by atoms with van der Waals surface area (Å²) in [5.74, 6) is 1.92. The molecule has 1 heterocycles. The molecule has 0 aliphatic rings. The largest absolute Gasteiger partial charge is 0.483 e. The molecule has 0 atom stereocenters. The first-order chi connectivity index (χ1) is 9.60. The molecule has 0 bridgehead atoms. The van der Waals surface area contributed by atoms with E-state index in [1.54, 1.807) is 19.1 Å². The van der Waals surface area contributed by atoms with E-state index in [4.69, 9.17) is 9.26 Å². The van der Waals surface area contributed by atoms with Gasteiger partial charge in [0.05, 0.1) is 0 Å². The van der Waals surface area contributed by atoms with Gasteiger partial charge in [-0.3, -0.25) is 4.79 Å². The van der Waals surface area contributed by atoms with Crippen LogP contribution in [0.2, 0.25) is 0 Å². The number of nitrogens with zero attached hydrogens (tertiary/aromatic N) is 2. The Morgan fingerprint density at radius 3 is 2.85 bits per heavy atom. The van der Waals surface area contributed by atoms with Crippen LogP contribution in [0.3, 0.4) is 0 Å². The lowest BCUT2D eigenvalue weighted by Gasteiger charge is -2.07. The summed E-state index contributed by atoms with van der Waals surface area (Å²) >= 11 is 0. The number of rotatable bonds is 6. The molecular formula is C15H18N2O3. The van der Waals surface area contributed by atoms with Gasteiger partial charge in [0.25, 0.3) is 5.89 Å². The number of aryl methyl sites for hydroxylation is 2. The van der Waals surface area contributed by atoms with Crippen LogP contribution in [-0.4, -0.2) is 15.9 Å². The van der Waals surface area contributed by atoms with Gasteiger partial charge in [-0.25, -0.2) is 0 Å². The fourth-order valence-electron chi connectivity index (χ4n) is 1.84. The van der Waals surface area contributed by atoms with Gasteiger partial charge in [0.15, 0.2) is 18.2 Å². The van der Waals surface area contributed by atoms with Gasteiger partial charge in [-0.1, -0.05) is 12.1 Å². The molecule has 0 unspecified atom stereocenters. The molecule has 0 saturated carbocycles. The number of carbonyl (C=O) groups excluding carboxylic acids is 1. The van der Waals surface area contributed by atoms with E-state index in [1.165, 1.54) is 0 Å². The number of Topliss-reactive ketones (excluding diaryl/α,β-unsaturated/α-hetero) is 1. The average Bonchev–Trinajstić information content (AvgIpc) is 2.85. The van der Waals surface area contributed by atoms with E-state index in [-0.39, 0.29) is 12.4 Å². The number of ketones is 1. The third kappa shape index (κ3) is 3.44. The first-order valence-electron chi connectivity index (χ1n) is 6.66. The molecule has 5 heteroatoms. The molecule has 20 heavy (non-hydrogen) atoms. The van der Waals surface area contributed by atoms with E-state index in [0.717, 1.165) is 18.4 Å². The van der Waals surface area contributed by atoms with Crippen molar-refractivity contribution < 1.29 is 14.1 Å². The molecule has 2 aromatic rings. The zero-order chi connectivity index (χ0) is 14.5. The molecule has 0 fully saturated rings. The lowest BCUT2D eigenvalue weighted by Crippen LogP contribution is -1.99. The maximum atomic E-state index is 11.3. The van der Waals surface area contributed by atoms with Crippen molar-refractivity contribution in [1.29, 1.82) is 0 Å². The van der Waals surface area contributed by atoms with Crippen molar-refractivity contribution in [3.05, 3.63) is 41.0 Å². The molecule has 0 radical (unpaired) electrons. The van der Waals surface area contributed by atoms with Crippen LogP contribution in [0.15, 0.2) is 22.7 Å². The quantitative estimate of drug-likeness (QED) is 0.757. The van der Waals surface area contributed by atoms with Crippen molar-refractivity contribution >= 4 is 5.78 Å². The van der Waals surface area contributed by atoms with Crippen LogP contribution in [0, 0.1) is 6.92 Å². The fourth-order valence-corrected chi connectivity index (χ4v) is 1.84. The Bertz CT molecular complexity index is 605. The lowest BCUT2D eigenvalue weighted by atomic mass is 10.1. The zero-order valence-electron chi connectivity index (χ0n) is 12.0. The van der Waals surface area contributed by atoms with E-state index in [2.05, 4.69) is 17.1 Å². The molecule has 1 aromatic carbocycles. The molecule has 0 aliphatic carbocycles. The van der Waals surface area contributed by atoms with Crippen LogP contribution in [0.5, 0.6) is 5.75 Å². The predicted molar refractivity (Wildman–Crippen MR) is 73.8 cm³/mol. The van der Waals surface area contributed by atoms with Crippen molar-refractivity contribution in [2.75, 3.05) is 0 Å². The monoisotopic (exact) mass is 274 g/mol. The van der Waals surface area contributed by atoms with Crippen LogP contribution in [0.1, 0.15) is 47.9 Å². The molecule has 0 spiro atoms. The second-order valence-electron chi connectivity index (χ2n) is 4.68. The Labute approximate surface area is 118 Å². The van der Waals surface area contributed by atoms with E-state index < -0.39 is 0 Å². The first-order valence-corrected chi connectivity index (χ1v) is 6.66. The number of carbonyl (C=O) groups is 1. The third-order valence-corrected chi connectivity index (χ3v) is 2.92. The van der Waals surface area contributed by atoms with E-state index in [1.807, 2.05) is 13.0 Å². The summed E-state index contributed by atoms with van der Waals surface area (Å²) in [5.41, 5.74) is 1.59. The van der Waals surface area contributed by atoms with Gasteiger partial charge < -0.3 is 9.26 Å². The van der Waals surface area contributed by atoms with Crippen molar-refractivity contribution in [3.8, 4) is 5.75 Å². The molecule has 0 aliphatic heterocycles. The smallest absolute Gasteiger partial charge is 0.264 e. The van der Waals surface area contributed by atoms with Crippen molar-refractivity contribution in [3.63, 3.8) is 0 Å². The minimum Gasteiger partial charge on any atom is -0.483 e. The second kappa shape index (κ2) is 6.32. The normalized spacial score (nSPS) is 10.6. The molecule has 2 rings (SSSR count). The molecule has 0 saturated heterocycles. The standard InChI is InChI=1S/C15H18N2O3/c1-4-5-14-16-15(20-17-14)9-19-13-7-6-12(11(3)18)8-10(13)2/h6-8H,4-5,9H2,1-3H3. The van der Waals surface area contributed by atoms with Crippen LogP contribution in [0.4, 0.5) is 0 Å². The van der Waals surface area contributed by atoms with Crippen molar-refractivity contribution in [2.24, 2.45) is 0 Å². The highest BCUT2D eigenvalue weighted by molar-refractivity contribution is 5.94. The maximum Gasteiger partial charge on any atom is 0.264 e. The SMILES string of the molecule is CCCc1noc(COc2ccc(C(C)=O)cc2C)n1. The van der Waals surface area contributed by atoms with Crippen molar-refractivity contribution in [1.82, 2.24) is 10.1 Å². The predicted octanol–water partition coefficient (Wildman–Crippen LogP) is 3.11. The van der Waals surface area contributed by atoms with Crippen LogP contribution < -0.4 is 4.74 Å². The molecule has 5 nitrogen and oxygen atoms in total. The molecule has 1 aromatic heterocycles. The van der Waals surface area contributed by atoms with Crippen molar-refractivity contribution in [2.45, 2.75) is 40.2 Å². The topological polar surface area (TPSA) is 65.2 Å². The summed E-state index contributed by atoms with van der Waals surface area (Å²) < 4.78 is 10.7. The summed E-state index contributed by atoms with van der Waals surface area (Å²) in [4.78, 5) is 15.5. The van der Waals surface area contributed by atoms with Crippen LogP contribution >= 0.6 is 0 Å². The van der Waals surface area contributed by atoms with Crippen LogP contribution in [-0.2, 0) is 13.0 Å². The molecular weight excluding hydrogens is 256 g/mol. The Morgan fingerprint density at radius 2 is 2.20 bits per heavy atom. The van der Waals surface area contributed by atoms with E-state index in [9.17, 15) is 4.79 Å². The van der Waals surface area contributed by atoms with Gasteiger partial charge in [-0.2, -0.15) is 4.98 Å². The van der Waals surface area contributed by atoms with Gasteiger partial charge in [-0.15, -0.1) is 0 Å². The number of hydrogen-bond acceptors (Lipinski definition) is 5. The first kappa shape index (κ1) is 14.2. The lowest BCUT2D eigenvalue weighted by molar-refractivity contribution is 0.101. The number of ether oxygens (including phenoxy) is 1. The minimum absolute atomic E-state index is 0.0424. The second-order valence-corrected chi connectivity index (χ2v) is 4.68. The summed E-state index contributed by atoms with van der Waals surface area (Å²) in [6.45, 7) is 5.74. The zero-order valence-corrected chi connectivity index (χ0v) is 12.0. The molecule has 106 valence electrons. The maximum absolute atomic E-state index is 11.3. The van der Waals surface area contributed by atoms with Gasteiger partial charge >= 0.3 is 0 Å². The Balaban J connectivity index is 2.01. The number of hydrogen-bond donors (Lipinski definition) is 0. The average molecular weight is 274 g/mol. The van der Waals surface area contributed by atoms with Gasteiger partial charge in [0.2, 0.25) is 0 Å². The summed E-state index contributed by atoms with van der Waals surface area (Å²) in [7, 11) is 0. The summed E-state index contributed by atoms with van der Waals surface area (Å²) in [6.07, 6.45) is 1.78. The third-order valence-electron chi connectivity index (χ3n) is 2.92. The number of benzene rings is 1. The van der Waals surface area contributed by atoms with Gasteiger partial charge in [0, 0.05) is 12.0 Å². The molecule has 0 amide bonds. The number of aromatic nitrogens is 2. The highest BCUT2D eigenvalue weighted by atomic mass is 16.5. The van der Waals surface area contributed by atoms with Gasteiger partial charge in [0.1, 0.15) is 5.75 Å². The van der Waals surface area contributed by atoms with Gasteiger partial charge in [-0.05, 0) is 44.0 Å². The van der Waals surface area contributed by atoms with E-state index >= 15 is 0 Å².